The van der Waals surface area contributed by atoms with Crippen LogP contribution >= 0.6 is 0 Å². The van der Waals surface area contributed by atoms with E-state index in [4.69, 9.17) is 0 Å². The van der Waals surface area contributed by atoms with Gasteiger partial charge in [0.25, 0.3) is 0 Å². The third-order valence-corrected chi connectivity index (χ3v) is 3.67. The molecule has 1 aromatic carbocycles. The molecule has 2 rings (SSSR count). The molecule has 0 radical (unpaired) electrons. The van der Waals surface area contributed by atoms with Crippen LogP contribution in [-0.4, -0.2) is 12.7 Å². The van der Waals surface area contributed by atoms with Gasteiger partial charge < -0.3 is 5.32 Å². The Balaban J connectivity index is 2.44. The Labute approximate surface area is 110 Å². The van der Waals surface area contributed by atoms with Gasteiger partial charge in [-0.05, 0) is 50.4 Å². The molecule has 0 aliphatic carbocycles. The lowest BCUT2D eigenvalue weighted by molar-refractivity contribution is -0.189. The molecule has 2 unspecified atom stereocenters. The standard InChI is InChI=1S/C14H17F4N/c1-8-6-9(2)12(11(15)7-8)13-10(14(16,17)18)4-3-5-19-13/h6-7,10,13,19H,3-5H2,1-2H3. The van der Waals surface area contributed by atoms with Gasteiger partial charge in [0.1, 0.15) is 5.82 Å². The number of aryl methyl sites for hydroxylation is 2. The maximum Gasteiger partial charge on any atom is 0.393 e. The van der Waals surface area contributed by atoms with Gasteiger partial charge in [-0.3, -0.25) is 0 Å². The van der Waals surface area contributed by atoms with Crippen LogP contribution in [-0.2, 0) is 0 Å². The minimum absolute atomic E-state index is 0.0495. The largest absolute Gasteiger partial charge is 0.393 e. The summed E-state index contributed by atoms with van der Waals surface area (Å²) >= 11 is 0. The number of hydrogen-bond acceptors (Lipinski definition) is 1. The van der Waals surface area contributed by atoms with E-state index >= 15 is 0 Å². The van der Waals surface area contributed by atoms with Crippen LogP contribution in [0.2, 0.25) is 0 Å². The number of benzene rings is 1. The molecule has 19 heavy (non-hydrogen) atoms. The van der Waals surface area contributed by atoms with E-state index in [1.807, 2.05) is 0 Å². The highest BCUT2D eigenvalue weighted by molar-refractivity contribution is 5.35. The topological polar surface area (TPSA) is 12.0 Å². The highest BCUT2D eigenvalue weighted by Gasteiger charge is 2.47. The lowest BCUT2D eigenvalue weighted by Gasteiger charge is -2.35. The molecule has 0 saturated carbocycles. The molecule has 2 atom stereocenters. The van der Waals surface area contributed by atoms with Crippen LogP contribution in [0.25, 0.3) is 0 Å². The normalized spacial score (nSPS) is 24.5. The highest BCUT2D eigenvalue weighted by atomic mass is 19.4. The smallest absolute Gasteiger partial charge is 0.309 e. The van der Waals surface area contributed by atoms with Gasteiger partial charge in [0, 0.05) is 11.6 Å². The Bertz CT molecular complexity index is 444. The zero-order valence-electron chi connectivity index (χ0n) is 10.9. The van der Waals surface area contributed by atoms with Gasteiger partial charge in [-0.1, -0.05) is 6.07 Å². The number of hydrogen-bond donors (Lipinski definition) is 1. The van der Waals surface area contributed by atoms with Crippen molar-refractivity contribution in [1.82, 2.24) is 5.32 Å². The van der Waals surface area contributed by atoms with Crippen molar-refractivity contribution in [3.8, 4) is 0 Å². The fourth-order valence-corrected chi connectivity index (χ4v) is 2.87. The molecule has 0 spiro atoms. The average molecular weight is 275 g/mol. The van der Waals surface area contributed by atoms with Crippen LogP contribution in [0.5, 0.6) is 0 Å². The molecular formula is C14H17F4N. The van der Waals surface area contributed by atoms with E-state index in [0.29, 0.717) is 18.5 Å². The zero-order valence-corrected chi connectivity index (χ0v) is 10.9. The summed E-state index contributed by atoms with van der Waals surface area (Å²) in [6, 6.07) is 2.04. The van der Waals surface area contributed by atoms with Crippen LogP contribution in [0.4, 0.5) is 17.6 Å². The van der Waals surface area contributed by atoms with E-state index in [1.165, 1.54) is 6.07 Å². The van der Waals surface area contributed by atoms with Gasteiger partial charge in [0.15, 0.2) is 0 Å². The molecule has 1 saturated heterocycles. The molecule has 1 heterocycles. The Morgan fingerprint density at radius 2 is 1.89 bits per heavy atom. The van der Waals surface area contributed by atoms with Crippen molar-refractivity contribution in [1.29, 1.82) is 0 Å². The summed E-state index contributed by atoms with van der Waals surface area (Å²) in [7, 11) is 0. The molecule has 1 aliphatic rings. The fraction of sp³-hybridized carbons (Fsp3) is 0.571. The number of alkyl halides is 3. The molecule has 1 nitrogen and oxygen atoms in total. The molecule has 1 aliphatic heterocycles. The quantitative estimate of drug-likeness (QED) is 0.763. The number of halogens is 4. The van der Waals surface area contributed by atoms with Crippen molar-refractivity contribution in [2.75, 3.05) is 6.54 Å². The van der Waals surface area contributed by atoms with E-state index in [0.717, 1.165) is 5.56 Å². The van der Waals surface area contributed by atoms with E-state index in [9.17, 15) is 17.6 Å². The molecule has 1 aromatic rings. The SMILES string of the molecule is Cc1cc(C)c(C2NCCCC2C(F)(F)F)c(F)c1. The lowest BCUT2D eigenvalue weighted by atomic mass is 9.83. The Morgan fingerprint density at radius 3 is 2.47 bits per heavy atom. The first-order valence-corrected chi connectivity index (χ1v) is 6.37. The predicted octanol–water partition coefficient (Wildman–Crippen LogP) is 4.05. The highest BCUT2D eigenvalue weighted by Crippen LogP contribution is 2.42. The molecular weight excluding hydrogens is 258 g/mol. The van der Waals surface area contributed by atoms with Crippen LogP contribution < -0.4 is 5.32 Å². The number of rotatable bonds is 1. The first kappa shape index (κ1) is 14.3. The zero-order chi connectivity index (χ0) is 14.2. The monoisotopic (exact) mass is 275 g/mol. The summed E-state index contributed by atoms with van der Waals surface area (Å²) in [4.78, 5) is 0. The van der Waals surface area contributed by atoms with Crippen molar-refractivity contribution in [3.05, 3.63) is 34.6 Å². The van der Waals surface area contributed by atoms with Gasteiger partial charge in [-0.25, -0.2) is 4.39 Å². The Hall–Kier alpha value is -1.10. The van der Waals surface area contributed by atoms with Crippen molar-refractivity contribution in [3.63, 3.8) is 0 Å². The summed E-state index contributed by atoms with van der Waals surface area (Å²) in [6.07, 6.45) is -3.79. The van der Waals surface area contributed by atoms with Gasteiger partial charge >= 0.3 is 6.18 Å². The molecule has 0 bridgehead atoms. The first-order chi connectivity index (χ1) is 8.80. The maximum atomic E-state index is 14.0. The van der Waals surface area contributed by atoms with Crippen molar-refractivity contribution in [2.24, 2.45) is 5.92 Å². The average Bonchev–Trinajstić information content (AvgIpc) is 2.26. The summed E-state index contributed by atoms with van der Waals surface area (Å²) in [6.45, 7) is 3.88. The third-order valence-electron chi connectivity index (χ3n) is 3.67. The van der Waals surface area contributed by atoms with E-state index in [-0.39, 0.29) is 12.0 Å². The van der Waals surface area contributed by atoms with Crippen molar-refractivity contribution in [2.45, 2.75) is 38.9 Å². The van der Waals surface area contributed by atoms with Gasteiger partial charge in [0.2, 0.25) is 0 Å². The minimum Gasteiger partial charge on any atom is -0.309 e. The summed E-state index contributed by atoms with van der Waals surface area (Å²) in [5.41, 5.74) is 1.46. The number of nitrogens with one attached hydrogen (secondary N) is 1. The molecule has 5 heteroatoms. The van der Waals surface area contributed by atoms with E-state index < -0.39 is 24.0 Å². The molecule has 106 valence electrons. The van der Waals surface area contributed by atoms with E-state index in [1.54, 1.807) is 19.9 Å². The van der Waals surface area contributed by atoms with Crippen molar-refractivity contribution < 1.29 is 17.6 Å². The molecule has 1 N–H and O–H groups in total. The summed E-state index contributed by atoms with van der Waals surface area (Å²) < 4.78 is 53.2. The second-order valence-corrected chi connectivity index (χ2v) is 5.20. The molecule has 0 aromatic heterocycles. The van der Waals surface area contributed by atoms with Crippen LogP contribution in [0, 0.1) is 25.6 Å². The summed E-state index contributed by atoms with van der Waals surface area (Å²) in [5.74, 6) is -2.07. The van der Waals surface area contributed by atoms with E-state index in [2.05, 4.69) is 5.32 Å². The maximum absolute atomic E-state index is 14.0. The van der Waals surface area contributed by atoms with Gasteiger partial charge in [0.05, 0.1) is 5.92 Å². The second kappa shape index (κ2) is 5.12. The molecule has 0 amide bonds. The minimum atomic E-state index is -4.30. The Morgan fingerprint density at radius 1 is 1.21 bits per heavy atom. The first-order valence-electron chi connectivity index (χ1n) is 6.37. The van der Waals surface area contributed by atoms with Gasteiger partial charge in [-0.2, -0.15) is 13.2 Å². The number of piperidine rings is 1. The fourth-order valence-electron chi connectivity index (χ4n) is 2.87. The van der Waals surface area contributed by atoms with Crippen LogP contribution in [0.1, 0.15) is 35.6 Å². The lowest BCUT2D eigenvalue weighted by Crippen LogP contribution is -2.42. The van der Waals surface area contributed by atoms with Gasteiger partial charge in [-0.15, -0.1) is 0 Å². The molecule has 1 fully saturated rings. The predicted molar refractivity (Wildman–Crippen MR) is 65.4 cm³/mol. The van der Waals surface area contributed by atoms with Crippen molar-refractivity contribution >= 4 is 0 Å². The summed E-state index contributed by atoms with van der Waals surface area (Å²) in [5, 5.41) is 2.83. The third kappa shape index (κ3) is 2.91. The Kier molecular flexibility index (Phi) is 3.85. The van der Waals surface area contributed by atoms with Crippen LogP contribution in [0.15, 0.2) is 12.1 Å². The second-order valence-electron chi connectivity index (χ2n) is 5.20. The van der Waals surface area contributed by atoms with Crippen LogP contribution in [0.3, 0.4) is 0 Å².